The van der Waals surface area contributed by atoms with Crippen molar-refractivity contribution in [1.29, 1.82) is 0 Å². The first-order valence-corrected chi connectivity index (χ1v) is 8.13. The van der Waals surface area contributed by atoms with Crippen LogP contribution in [0.5, 0.6) is 0 Å². The number of likely N-dealkylation sites (tertiary alicyclic amines) is 1. The predicted molar refractivity (Wildman–Crippen MR) is 76.6 cm³/mol. The Morgan fingerprint density at radius 1 is 1.25 bits per heavy atom. The Kier molecular flexibility index (Phi) is 5.39. The summed E-state index contributed by atoms with van der Waals surface area (Å²) in [6.45, 7) is 6.46. The second-order valence-corrected chi connectivity index (χ2v) is 8.06. The summed E-state index contributed by atoms with van der Waals surface area (Å²) in [4.78, 5) is 13.5. The SMILES string of the molecule is CN(C)S(=O)(=O)NC1CCN(C(=O)OC(C)(C)C)CC1. The molecule has 1 rings (SSSR count). The van der Waals surface area contributed by atoms with Crippen LogP contribution in [0, 0.1) is 0 Å². The van der Waals surface area contributed by atoms with Gasteiger partial charge in [0, 0.05) is 33.2 Å². The molecule has 0 radical (unpaired) electrons. The van der Waals surface area contributed by atoms with E-state index in [1.54, 1.807) is 4.90 Å². The molecule has 0 aliphatic carbocycles. The lowest BCUT2D eigenvalue weighted by Crippen LogP contribution is -2.49. The summed E-state index contributed by atoms with van der Waals surface area (Å²) >= 11 is 0. The maximum Gasteiger partial charge on any atom is 0.410 e. The minimum absolute atomic E-state index is 0.138. The number of nitrogens with one attached hydrogen (secondary N) is 1. The van der Waals surface area contributed by atoms with E-state index in [2.05, 4.69) is 4.72 Å². The monoisotopic (exact) mass is 307 g/mol. The van der Waals surface area contributed by atoms with Crippen LogP contribution in [0.4, 0.5) is 4.79 Å². The second-order valence-electron chi connectivity index (χ2n) is 6.15. The summed E-state index contributed by atoms with van der Waals surface area (Å²) in [6, 6.07) is -0.138. The van der Waals surface area contributed by atoms with E-state index in [4.69, 9.17) is 4.74 Å². The van der Waals surface area contributed by atoms with Gasteiger partial charge in [0.25, 0.3) is 10.2 Å². The standard InChI is InChI=1S/C12H25N3O4S/c1-12(2,3)19-11(16)15-8-6-10(7-9-15)13-20(17,18)14(4)5/h10,13H,6-9H2,1-5H3. The van der Waals surface area contributed by atoms with Gasteiger partial charge in [-0.1, -0.05) is 0 Å². The molecule has 0 aromatic carbocycles. The lowest BCUT2D eigenvalue weighted by Gasteiger charge is -2.33. The van der Waals surface area contributed by atoms with Crippen LogP contribution in [0.15, 0.2) is 0 Å². The summed E-state index contributed by atoms with van der Waals surface area (Å²) < 4.78 is 32.5. The van der Waals surface area contributed by atoms with Gasteiger partial charge in [-0.15, -0.1) is 0 Å². The molecule has 8 heteroatoms. The molecule has 1 aliphatic rings. The van der Waals surface area contributed by atoms with E-state index in [0.717, 1.165) is 4.31 Å². The van der Waals surface area contributed by atoms with Gasteiger partial charge in [0.15, 0.2) is 0 Å². The first-order valence-electron chi connectivity index (χ1n) is 6.69. The van der Waals surface area contributed by atoms with Crippen molar-refractivity contribution in [2.75, 3.05) is 27.2 Å². The molecule has 1 amide bonds. The fourth-order valence-electron chi connectivity index (χ4n) is 1.82. The number of hydrogen-bond acceptors (Lipinski definition) is 4. The molecule has 0 aromatic heterocycles. The van der Waals surface area contributed by atoms with E-state index in [1.165, 1.54) is 14.1 Å². The van der Waals surface area contributed by atoms with Gasteiger partial charge in [-0.25, -0.2) is 4.79 Å². The third kappa shape index (κ3) is 5.26. The number of nitrogens with zero attached hydrogens (tertiary/aromatic N) is 2. The van der Waals surface area contributed by atoms with E-state index >= 15 is 0 Å². The summed E-state index contributed by atoms with van der Waals surface area (Å²) in [5.74, 6) is 0. The molecule has 0 bridgehead atoms. The molecule has 1 N–H and O–H groups in total. The largest absolute Gasteiger partial charge is 0.444 e. The van der Waals surface area contributed by atoms with Crippen LogP contribution in [0.1, 0.15) is 33.6 Å². The highest BCUT2D eigenvalue weighted by Crippen LogP contribution is 2.16. The van der Waals surface area contributed by atoms with Gasteiger partial charge in [0.05, 0.1) is 0 Å². The molecule has 118 valence electrons. The summed E-state index contributed by atoms with van der Waals surface area (Å²) in [7, 11) is -0.447. The molecular formula is C12H25N3O4S. The van der Waals surface area contributed by atoms with Gasteiger partial charge >= 0.3 is 6.09 Å². The Labute approximate surface area is 121 Å². The Bertz CT molecular complexity index is 434. The Morgan fingerprint density at radius 2 is 1.75 bits per heavy atom. The fourth-order valence-corrected chi connectivity index (χ4v) is 2.69. The van der Waals surface area contributed by atoms with Crippen molar-refractivity contribution in [2.24, 2.45) is 0 Å². The van der Waals surface area contributed by atoms with Crippen molar-refractivity contribution in [3.8, 4) is 0 Å². The van der Waals surface area contributed by atoms with Gasteiger partial charge in [0.1, 0.15) is 5.60 Å². The molecule has 0 unspecified atom stereocenters. The topological polar surface area (TPSA) is 79.0 Å². The van der Waals surface area contributed by atoms with Crippen LogP contribution >= 0.6 is 0 Å². The minimum atomic E-state index is -3.42. The smallest absolute Gasteiger partial charge is 0.410 e. The predicted octanol–water partition coefficient (Wildman–Crippen LogP) is 0.782. The minimum Gasteiger partial charge on any atom is -0.444 e. The van der Waals surface area contributed by atoms with Crippen LogP contribution in [-0.2, 0) is 14.9 Å². The number of ether oxygens (including phenoxy) is 1. The van der Waals surface area contributed by atoms with Crippen LogP contribution in [-0.4, -0.2) is 62.5 Å². The number of carbonyl (C=O) groups excluding carboxylic acids is 1. The molecule has 0 aromatic rings. The average molecular weight is 307 g/mol. The van der Waals surface area contributed by atoms with Gasteiger partial charge in [-0.05, 0) is 33.6 Å². The van der Waals surface area contributed by atoms with Crippen molar-refractivity contribution >= 4 is 16.3 Å². The highest BCUT2D eigenvalue weighted by Gasteiger charge is 2.29. The normalized spacial score (nSPS) is 18.4. The highest BCUT2D eigenvalue weighted by atomic mass is 32.2. The maximum atomic E-state index is 11.9. The lowest BCUT2D eigenvalue weighted by molar-refractivity contribution is 0.0203. The van der Waals surface area contributed by atoms with Gasteiger partial charge in [-0.2, -0.15) is 17.4 Å². The number of piperidine rings is 1. The van der Waals surface area contributed by atoms with Crippen molar-refractivity contribution in [1.82, 2.24) is 13.9 Å². The van der Waals surface area contributed by atoms with Crippen LogP contribution < -0.4 is 4.72 Å². The van der Waals surface area contributed by atoms with E-state index in [1.807, 2.05) is 20.8 Å². The Balaban J connectivity index is 2.46. The molecule has 0 atom stereocenters. The molecule has 1 saturated heterocycles. The summed E-state index contributed by atoms with van der Waals surface area (Å²) in [5, 5.41) is 0. The first kappa shape index (κ1) is 17.2. The molecule has 7 nitrogen and oxygen atoms in total. The number of amides is 1. The molecule has 1 fully saturated rings. The van der Waals surface area contributed by atoms with Crippen LogP contribution in [0.2, 0.25) is 0 Å². The maximum absolute atomic E-state index is 11.9. The number of carbonyl (C=O) groups is 1. The van der Waals surface area contributed by atoms with Gasteiger partial charge in [-0.3, -0.25) is 0 Å². The highest BCUT2D eigenvalue weighted by molar-refractivity contribution is 7.87. The average Bonchev–Trinajstić information content (AvgIpc) is 2.26. The Hall–Kier alpha value is -0.860. The van der Waals surface area contributed by atoms with Gasteiger partial charge < -0.3 is 9.64 Å². The zero-order valence-corrected chi connectivity index (χ0v) is 13.7. The van der Waals surface area contributed by atoms with Crippen LogP contribution in [0.25, 0.3) is 0 Å². The van der Waals surface area contributed by atoms with E-state index in [0.29, 0.717) is 25.9 Å². The zero-order chi connectivity index (χ0) is 15.6. The Morgan fingerprint density at radius 3 is 2.15 bits per heavy atom. The van der Waals surface area contributed by atoms with E-state index in [-0.39, 0.29) is 12.1 Å². The lowest BCUT2D eigenvalue weighted by atomic mass is 10.1. The third-order valence-electron chi connectivity index (χ3n) is 2.94. The van der Waals surface area contributed by atoms with Crippen molar-refractivity contribution in [3.63, 3.8) is 0 Å². The molecular weight excluding hydrogens is 282 g/mol. The molecule has 0 saturated carbocycles. The second kappa shape index (κ2) is 6.28. The van der Waals surface area contributed by atoms with Crippen molar-refractivity contribution in [2.45, 2.75) is 45.3 Å². The van der Waals surface area contributed by atoms with Crippen LogP contribution in [0.3, 0.4) is 0 Å². The van der Waals surface area contributed by atoms with E-state index < -0.39 is 15.8 Å². The summed E-state index contributed by atoms with van der Waals surface area (Å²) in [6.07, 6.45) is 0.838. The first-order chi connectivity index (χ1) is 9.01. The quantitative estimate of drug-likeness (QED) is 0.836. The molecule has 1 aliphatic heterocycles. The third-order valence-corrected chi connectivity index (χ3v) is 4.54. The van der Waals surface area contributed by atoms with Crippen molar-refractivity contribution in [3.05, 3.63) is 0 Å². The molecule has 0 spiro atoms. The zero-order valence-electron chi connectivity index (χ0n) is 12.8. The van der Waals surface area contributed by atoms with Crippen molar-refractivity contribution < 1.29 is 17.9 Å². The molecule has 20 heavy (non-hydrogen) atoms. The summed E-state index contributed by atoms with van der Waals surface area (Å²) in [5.41, 5.74) is -0.513. The number of hydrogen-bond donors (Lipinski definition) is 1. The van der Waals surface area contributed by atoms with E-state index in [9.17, 15) is 13.2 Å². The number of rotatable bonds is 3. The van der Waals surface area contributed by atoms with Gasteiger partial charge in [0.2, 0.25) is 0 Å². The fraction of sp³-hybridized carbons (Fsp3) is 0.917. The molecule has 1 heterocycles.